The first-order valence-corrected chi connectivity index (χ1v) is 7.99. The molecule has 0 atom stereocenters. The van der Waals surface area contributed by atoms with Crippen LogP contribution in [0.5, 0.6) is 0 Å². The lowest BCUT2D eigenvalue weighted by Crippen LogP contribution is -2.06. The highest BCUT2D eigenvalue weighted by molar-refractivity contribution is 9.10. The SMILES string of the molecule is CNc1nc(-c2ccc(F)cc2)nc(C2CCCC2)c1Br. The fourth-order valence-electron chi connectivity index (χ4n) is 2.83. The summed E-state index contributed by atoms with van der Waals surface area (Å²) in [5.41, 5.74) is 1.89. The Balaban J connectivity index is 2.08. The van der Waals surface area contributed by atoms with Crippen molar-refractivity contribution in [2.75, 3.05) is 12.4 Å². The first kappa shape index (κ1) is 14.4. The minimum absolute atomic E-state index is 0.249. The minimum atomic E-state index is -0.249. The molecule has 110 valence electrons. The second kappa shape index (κ2) is 6.10. The summed E-state index contributed by atoms with van der Waals surface area (Å²) in [4.78, 5) is 9.27. The van der Waals surface area contributed by atoms with Gasteiger partial charge in [0.2, 0.25) is 0 Å². The summed E-state index contributed by atoms with van der Waals surface area (Å²) in [6.45, 7) is 0. The van der Waals surface area contributed by atoms with E-state index in [4.69, 9.17) is 4.98 Å². The molecule has 1 heterocycles. The van der Waals surface area contributed by atoms with Gasteiger partial charge in [-0.1, -0.05) is 12.8 Å². The van der Waals surface area contributed by atoms with Crippen molar-refractivity contribution in [2.24, 2.45) is 0 Å². The van der Waals surface area contributed by atoms with Crippen LogP contribution in [0.1, 0.15) is 37.3 Å². The van der Waals surface area contributed by atoms with E-state index >= 15 is 0 Å². The van der Waals surface area contributed by atoms with Crippen molar-refractivity contribution in [1.29, 1.82) is 0 Å². The van der Waals surface area contributed by atoms with Crippen LogP contribution in [0.3, 0.4) is 0 Å². The average Bonchev–Trinajstić information content (AvgIpc) is 3.02. The van der Waals surface area contributed by atoms with Gasteiger partial charge in [0.05, 0.1) is 10.2 Å². The van der Waals surface area contributed by atoms with Crippen molar-refractivity contribution in [3.63, 3.8) is 0 Å². The second-order valence-corrected chi connectivity index (χ2v) is 6.13. The quantitative estimate of drug-likeness (QED) is 0.869. The van der Waals surface area contributed by atoms with Gasteiger partial charge < -0.3 is 5.32 Å². The highest BCUT2D eigenvalue weighted by Gasteiger charge is 2.24. The van der Waals surface area contributed by atoms with Gasteiger partial charge >= 0.3 is 0 Å². The van der Waals surface area contributed by atoms with E-state index in [0.717, 1.165) is 21.5 Å². The standard InChI is InChI=1S/C16H17BrFN3/c1-19-16-13(17)14(10-4-2-3-5-10)20-15(21-16)11-6-8-12(18)9-7-11/h6-10H,2-5H2,1H3,(H,19,20,21). The van der Waals surface area contributed by atoms with E-state index in [0.29, 0.717) is 11.7 Å². The van der Waals surface area contributed by atoms with Crippen LogP contribution in [-0.2, 0) is 0 Å². The van der Waals surface area contributed by atoms with E-state index in [2.05, 4.69) is 26.2 Å². The third-order valence-electron chi connectivity index (χ3n) is 3.96. The second-order valence-electron chi connectivity index (χ2n) is 5.33. The molecule has 5 heteroatoms. The Kier molecular flexibility index (Phi) is 4.19. The molecule has 0 bridgehead atoms. The Morgan fingerprint density at radius 2 is 1.81 bits per heavy atom. The third-order valence-corrected chi connectivity index (χ3v) is 4.74. The van der Waals surface area contributed by atoms with Crippen LogP contribution < -0.4 is 5.32 Å². The third kappa shape index (κ3) is 2.93. The molecule has 1 aromatic carbocycles. The van der Waals surface area contributed by atoms with E-state index in [9.17, 15) is 4.39 Å². The number of benzene rings is 1. The van der Waals surface area contributed by atoms with Crippen LogP contribution in [0, 0.1) is 5.82 Å². The van der Waals surface area contributed by atoms with Gasteiger partial charge in [0, 0.05) is 18.5 Å². The number of halogens is 2. The molecule has 0 amide bonds. The molecule has 2 aromatic rings. The van der Waals surface area contributed by atoms with Gasteiger partial charge in [-0.3, -0.25) is 0 Å². The predicted molar refractivity (Wildman–Crippen MR) is 85.9 cm³/mol. The van der Waals surface area contributed by atoms with E-state index in [-0.39, 0.29) is 5.82 Å². The van der Waals surface area contributed by atoms with E-state index in [1.165, 1.54) is 37.8 Å². The lowest BCUT2D eigenvalue weighted by atomic mass is 10.0. The first-order chi connectivity index (χ1) is 10.2. The summed E-state index contributed by atoms with van der Waals surface area (Å²) in [5, 5.41) is 3.11. The maximum absolute atomic E-state index is 13.1. The zero-order valence-corrected chi connectivity index (χ0v) is 13.5. The van der Waals surface area contributed by atoms with Gasteiger partial charge in [0.15, 0.2) is 5.82 Å². The van der Waals surface area contributed by atoms with Crippen molar-refractivity contribution in [1.82, 2.24) is 9.97 Å². The lowest BCUT2D eigenvalue weighted by molar-refractivity contribution is 0.628. The van der Waals surface area contributed by atoms with Crippen LogP contribution in [0.2, 0.25) is 0 Å². The van der Waals surface area contributed by atoms with Crippen molar-refractivity contribution < 1.29 is 4.39 Å². The first-order valence-electron chi connectivity index (χ1n) is 7.20. The van der Waals surface area contributed by atoms with Crippen LogP contribution in [-0.4, -0.2) is 17.0 Å². The number of hydrogen-bond acceptors (Lipinski definition) is 3. The Hall–Kier alpha value is -1.49. The zero-order valence-electron chi connectivity index (χ0n) is 11.9. The van der Waals surface area contributed by atoms with Gasteiger partial charge in [-0.05, 0) is 53.0 Å². The largest absolute Gasteiger partial charge is 0.372 e. The molecule has 0 radical (unpaired) electrons. The molecule has 1 aromatic heterocycles. The van der Waals surface area contributed by atoms with Crippen molar-refractivity contribution >= 4 is 21.7 Å². The maximum atomic E-state index is 13.1. The van der Waals surface area contributed by atoms with Crippen molar-refractivity contribution in [3.8, 4) is 11.4 Å². The monoisotopic (exact) mass is 349 g/mol. The number of rotatable bonds is 3. The van der Waals surface area contributed by atoms with Gasteiger partial charge in [-0.25, -0.2) is 14.4 Å². The Morgan fingerprint density at radius 1 is 1.14 bits per heavy atom. The highest BCUT2D eigenvalue weighted by atomic mass is 79.9. The number of aromatic nitrogens is 2. The zero-order chi connectivity index (χ0) is 14.8. The molecule has 1 N–H and O–H groups in total. The van der Waals surface area contributed by atoms with Crippen molar-refractivity contribution in [2.45, 2.75) is 31.6 Å². The molecule has 1 saturated carbocycles. The van der Waals surface area contributed by atoms with Crippen LogP contribution in [0.25, 0.3) is 11.4 Å². The maximum Gasteiger partial charge on any atom is 0.161 e. The average molecular weight is 350 g/mol. The van der Waals surface area contributed by atoms with Gasteiger partial charge in [-0.2, -0.15) is 0 Å². The summed E-state index contributed by atoms with van der Waals surface area (Å²) in [6, 6.07) is 6.32. The fourth-order valence-corrected chi connectivity index (χ4v) is 3.53. The molecule has 3 nitrogen and oxygen atoms in total. The molecule has 21 heavy (non-hydrogen) atoms. The molecule has 1 aliphatic carbocycles. The number of nitrogens with one attached hydrogen (secondary N) is 1. The van der Waals surface area contributed by atoms with Gasteiger partial charge in [-0.15, -0.1) is 0 Å². The number of anilines is 1. The molecule has 3 rings (SSSR count). The molecule has 0 spiro atoms. The molecular formula is C16H17BrFN3. The summed E-state index contributed by atoms with van der Waals surface area (Å²) < 4.78 is 14.0. The van der Waals surface area contributed by atoms with E-state index in [1.54, 1.807) is 12.1 Å². The van der Waals surface area contributed by atoms with E-state index < -0.39 is 0 Å². The smallest absolute Gasteiger partial charge is 0.161 e. The van der Waals surface area contributed by atoms with Crippen molar-refractivity contribution in [3.05, 3.63) is 40.2 Å². The van der Waals surface area contributed by atoms with Crippen LogP contribution in [0.4, 0.5) is 10.2 Å². The van der Waals surface area contributed by atoms with Gasteiger partial charge in [0.25, 0.3) is 0 Å². The Morgan fingerprint density at radius 3 is 2.43 bits per heavy atom. The predicted octanol–water partition coefficient (Wildman–Crippen LogP) is 4.74. The summed E-state index contributed by atoms with van der Waals surface area (Å²) in [6.07, 6.45) is 4.84. The topological polar surface area (TPSA) is 37.8 Å². The summed E-state index contributed by atoms with van der Waals surface area (Å²) in [5.74, 6) is 1.66. The fraction of sp³-hybridized carbons (Fsp3) is 0.375. The molecular weight excluding hydrogens is 333 g/mol. The molecule has 0 unspecified atom stereocenters. The van der Waals surface area contributed by atoms with E-state index in [1.807, 2.05) is 7.05 Å². The number of nitrogens with zero attached hydrogens (tertiary/aromatic N) is 2. The molecule has 1 fully saturated rings. The summed E-state index contributed by atoms with van der Waals surface area (Å²) in [7, 11) is 1.85. The highest BCUT2D eigenvalue weighted by Crippen LogP contribution is 2.39. The molecule has 1 aliphatic rings. The summed E-state index contributed by atoms with van der Waals surface area (Å²) >= 11 is 3.62. The van der Waals surface area contributed by atoms with Gasteiger partial charge in [0.1, 0.15) is 11.6 Å². The molecule has 0 saturated heterocycles. The lowest BCUT2D eigenvalue weighted by Gasteiger charge is -2.15. The van der Waals surface area contributed by atoms with Crippen LogP contribution >= 0.6 is 15.9 Å². The number of hydrogen-bond donors (Lipinski definition) is 1. The minimum Gasteiger partial charge on any atom is -0.372 e. The Labute approximate surface area is 132 Å². The normalized spacial score (nSPS) is 15.4. The molecule has 0 aliphatic heterocycles. The Bertz CT molecular complexity index is 637. The van der Waals surface area contributed by atoms with Crippen LogP contribution in [0.15, 0.2) is 28.7 Å².